The van der Waals surface area contributed by atoms with Gasteiger partial charge in [-0.1, -0.05) is 64.2 Å². The van der Waals surface area contributed by atoms with E-state index in [2.05, 4.69) is 27.1 Å². The Bertz CT molecular complexity index is 950. The molecule has 216 valence electrons. The lowest BCUT2D eigenvalue weighted by molar-refractivity contribution is -0.136. The van der Waals surface area contributed by atoms with Crippen molar-refractivity contribution in [2.75, 3.05) is 32.2 Å². The minimum absolute atomic E-state index is 0.0463. The van der Waals surface area contributed by atoms with Gasteiger partial charge in [0.05, 0.1) is 6.17 Å². The first kappa shape index (κ1) is 27.5. The van der Waals surface area contributed by atoms with Gasteiger partial charge in [-0.15, -0.1) is 0 Å². The Kier molecular flexibility index (Phi) is 9.42. The Labute approximate surface area is 238 Å². The van der Waals surface area contributed by atoms with Gasteiger partial charge in [0, 0.05) is 30.4 Å². The van der Waals surface area contributed by atoms with Gasteiger partial charge >= 0.3 is 0 Å². The zero-order chi connectivity index (χ0) is 26.4. The summed E-state index contributed by atoms with van der Waals surface area (Å²) in [5, 5.41) is 2.96. The molecule has 0 radical (unpaired) electrons. The summed E-state index contributed by atoms with van der Waals surface area (Å²) in [6.45, 7) is 2.11. The molecule has 1 amide bonds. The molecule has 0 bridgehead atoms. The highest BCUT2D eigenvalue weighted by atomic mass is 32.2. The minimum atomic E-state index is 0.0463. The van der Waals surface area contributed by atoms with E-state index in [1.54, 1.807) is 0 Å². The van der Waals surface area contributed by atoms with Crippen LogP contribution in [0.4, 0.5) is 0 Å². The van der Waals surface area contributed by atoms with E-state index >= 15 is 0 Å². The molecular formula is C31H47N3O4S. The number of nitrogens with one attached hydrogen (secondary N) is 1. The second-order valence-electron chi connectivity index (χ2n) is 12.3. The van der Waals surface area contributed by atoms with E-state index in [4.69, 9.17) is 14.2 Å². The summed E-state index contributed by atoms with van der Waals surface area (Å²) in [5.41, 5.74) is 3.77. The smallest absolute Gasteiger partial charge is 0.261 e. The van der Waals surface area contributed by atoms with Gasteiger partial charge in [0.2, 0.25) is 6.79 Å². The Hall–Kier alpha value is -1.64. The van der Waals surface area contributed by atoms with Crippen molar-refractivity contribution in [1.82, 2.24) is 15.3 Å². The number of hydrogen-bond acceptors (Lipinski definition) is 7. The monoisotopic (exact) mass is 557 g/mol. The first-order valence-corrected chi connectivity index (χ1v) is 16.7. The van der Waals surface area contributed by atoms with E-state index in [1.165, 1.54) is 89.2 Å². The fraction of sp³-hybridized carbons (Fsp3) is 0.774. The number of ether oxygens (including phenoxy) is 3. The molecule has 0 spiro atoms. The van der Waals surface area contributed by atoms with Crippen LogP contribution >= 0.6 is 11.8 Å². The van der Waals surface area contributed by atoms with Crippen molar-refractivity contribution in [1.29, 1.82) is 0 Å². The van der Waals surface area contributed by atoms with Gasteiger partial charge in [0.25, 0.3) is 5.91 Å². The summed E-state index contributed by atoms with van der Waals surface area (Å²) < 4.78 is 16.9. The van der Waals surface area contributed by atoms with Gasteiger partial charge in [-0.05, 0) is 55.4 Å². The van der Waals surface area contributed by atoms with Crippen molar-refractivity contribution in [2.45, 2.75) is 107 Å². The molecule has 3 atom stereocenters. The predicted octanol–water partition coefficient (Wildman–Crippen LogP) is 5.97. The average molecular weight is 558 g/mol. The molecule has 4 fully saturated rings. The Morgan fingerprint density at radius 3 is 2.54 bits per heavy atom. The van der Waals surface area contributed by atoms with Crippen LogP contribution in [0.15, 0.2) is 18.2 Å². The summed E-state index contributed by atoms with van der Waals surface area (Å²) in [6.07, 6.45) is 18.7. The van der Waals surface area contributed by atoms with E-state index in [0.717, 1.165) is 37.1 Å². The molecule has 6 rings (SSSR count). The molecule has 5 aliphatic rings. The van der Waals surface area contributed by atoms with Crippen LogP contribution < -0.4 is 19.6 Å². The summed E-state index contributed by atoms with van der Waals surface area (Å²) in [7, 11) is 0. The number of carbonyl (C=O) groups excluding carboxylic acids is 1. The van der Waals surface area contributed by atoms with Gasteiger partial charge in [-0.3, -0.25) is 4.79 Å². The summed E-state index contributed by atoms with van der Waals surface area (Å²) in [4.78, 5) is 15.9. The summed E-state index contributed by atoms with van der Waals surface area (Å²) in [5.74, 6) is 5.09. The second kappa shape index (κ2) is 13.3. The lowest BCUT2D eigenvalue weighted by atomic mass is 9.81. The van der Waals surface area contributed by atoms with Crippen molar-refractivity contribution < 1.29 is 19.0 Å². The summed E-state index contributed by atoms with van der Waals surface area (Å²) in [6, 6.07) is 6.14. The van der Waals surface area contributed by atoms with Crippen molar-refractivity contribution in [2.24, 2.45) is 11.8 Å². The van der Waals surface area contributed by atoms with Crippen molar-refractivity contribution in [3.05, 3.63) is 18.2 Å². The van der Waals surface area contributed by atoms with E-state index in [9.17, 15) is 4.79 Å². The second-order valence-corrected chi connectivity index (χ2v) is 13.7. The zero-order valence-electron chi connectivity index (χ0n) is 23.5. The maximum atomic E-state index is 13.8. The molecule has 39 heavy (non-hydrogen) atoms. The molecule has 0 aromatic heterocycles. The van der Waals surface area contributed by atoms with Gasteiger partial charge in [0.1, 0.15) is 5.75 Å². The molecule has 1 aromatic carbocycles. The quantitative estimate of drug-likeness (QED) is 0.422. The normalized spacial score (nSPS) is 28.8. The molecule has 3 unspecified atom stereocenters. The number of rotatable bonds is 8. The number of nitrogens with zero attached hydrogens (tertiary/aromatic N) is 2. The molecule has 3 heterocycles. The van der Waals surface area contributed by atoms with Crippen LogP contribution in [0.3, 0.4) is 0 Å². The molecule has 1 aromatic rings. The first-order valence-electron chi connectivity index (χ1n) is 15.7. The van der Waals surface area contributed by atoms with Crippen LogP contribution in [0.5, 0.6) is 17.2 Å². The maximum Gasteiger partial charge on any atom is 0.261 e. The van der Waals surface area contributed by atoms with E-state index in [-0.39, 0.29) is 25.5 Å². The topological polar surface area (TPSA) is 63.3 Å². The van der Waals surface area contributed by atoms with E-state index < -0.39 is 0 Å². The van der Waals surface area contributed by atoms with Gasteiger partial charge < -0.3 is 19.1 Å². The number of hydrazine groups is 1. The highest BCUT2D eigenvalue weighted by molar-refractivity contribution is 8.00. The van der Waals surface area contributed by atoms with Crippen LogP contribution in [-0.2, 0) is 4.79 Å². The van der Waals surface area contributed by atoms with Crippen molar-refractivity contribution >= 4 is 17.7 Å². The fourth-order valence-electron chi connectivity index (χ4n) is 7.45. The third-order valence-electron chi connectivity index (χ3n) is 9.71. The predicted molar refractivity (Wildman–Crippen MR) is 155 cm³/mol. The third-order valence-corrected chi connectivity index (χ3v) is 11.1. The molecule has 2 aliphatic carbocycles. The van der Waals surface area contributed by atoms with Crippen LogP contribution in [-0.4, -0.2) is 65.5 Å². The molecule has 7 nitrogen and oxygen atoms in total. The standard InChI is InChI=1S/C31H47N3O4S/c35-31(20-36-26-13-14-28-29(18-26)38-22-37-28)33(30-15-16-34(32-30)25-11-7-4-8-12-25)19-27-17-24(21-39-27)23-9-5-2-1-3-6-10-23/h13-14,18,23-25,27,30,32H,1-12,15-17,19-22H2. The molecule has 8 heteroatoms. The van der Waals surface area contributed by atoms with Gasteiger partial charge in [0.15, 0.2) is 18.1 Å². The number of amides is 1. The molecule has 3 aliphatic heterocycles. The van der Waals surface area contributed by atoms with Crippen LogP contribution in [0.2, 0.25) is 0 Å². The third kappa shape index (κ3) is 6.99. The molecular weight excluding hydrogens is 510 g/mol. The average Bonchev–Trinajstić information content (AvgIpc) is 3.72. The Balaban J connectivity index is 1.09. The number of thioether (sulfide) groups is 1. The molecule has 2 saturated carbocycles. The van der Waals surface area contributed by atoms with Crippen molar-refractivity contribution in [3.63, 3.8) is 0 Å². The SMILES string of the molecule is O=C(COc1ccc2c(c1)OCO2)N(CC1CC(C2CCCCCCC2)CS1)C1CCN(C2CCCCC2)N1. The van der Waals surface area contributed by atoms with E-state index in [0.29, 0.717) is 22.8 Å². The molecule has 1 N–H and O–H groups in total. The number of hydrogen-bond donors (Lipinski definition) is 1. The number of carbonyl (C=O) groups is 1. The van der Waals surface area contributed by atoms with Gasteiger partial charge in [-0.25, -0.2) is 10.4 Å². The van der Waals surface area contributed by atoms with Crippen LogP contribution in [0, 0.1) is 11.8 Å². The zero-order valence-corrected chi connectivity index (χ0v) is 24.3. The van der Waals surface area contributed by atoms with Crippen LogP contribution in [0.25, 0.3) is 0 Å². The van der Waals surface area contributed by atoms with E-state index in [1.807, 2.05) is 18.2 Å². The first-order chi connectivity index (χ1) is 19.2. The number of fused-ring (bicyclic) bond motifs is 1. The van der Waals surface area contributed by atoms with Crippen molar-refractivity contribution in [3.8, 4) is 17.2 Å². The highest BCUT2D eigenvalue weighted by Gasteiger charge is 2.38. The fourth-order valence-corrected chi connectivity index (χ4v) is 9.03. The molecule has 2 saturated heterocycles. The summed E-state index contributed by atoms with van der Waals surface area (Å²) >= 11 is 2.11. The lowest BCUT2D eigenvalue weighted by Crippen LogP contribution is -2.53. The Morgan fingerprint density at radius 1 is 0.949 bits per heavy atom. The van der Waals surface area contributed by atoms with Gasteiger partial charge in [-0.2, -0.15) is 11.8 Å². The number of benzene rings is 1. The highest BCUT2D eigenvalue weighted by Crippen LogP contribution is 2.41. The van der Waals surface area contributed by atoms with Crippen LogP contribution in [0.1, 0.15) is 89.9 Å². The minimum Gasteiger partial charge on any atom is -0.484 e. The Morgan fingerprint density at radius 2 is 1.69 bits per heavy atom. The lowest BCUT2D eigenvalue weighted by Gasteiger charge is -2.35. The largest absolute Gasteiger partial charge is 0.484 e. The maximum absolute atomic E-state index is 13.8.